The first-order valence-corrected chi connectivity index (χ1v) is 9.88. The van der Waals surface area contributed by atoms with Crippen molar-refractivity contribution in [3.05, 3.63) is 59.5 Å². The van der Waals surface area contributed by atoms with Crippen LogP contribution in [0.3, 0.4) is 0 Å². The molecule has 0 spiro atoms. The molecule has 2 aromatic carbocycles. The number of para-hydroxylation sites is 1. The lowest BCUT2D eigenvalue weighted by atomic mass is 10.2. The van der Waals surface area contributed by atoms with Crippen LogP contribution in [0.1, 0.15) is 17.3 Å². The number of carbonyl (C=O) groups excluding carboxylic acids is 2. The van der Waals surface area contributed by atoms with Crippen LogP contribution in [0, 0.1) is 0 Å². The molecule has 150 valence electrons. The Morgan fingerprint density at radius 3 is 2.59 bits per heavy atom. The van der Waals surface area contributed by atoms with Crippen molar-refractivity contribution in [1.82, 2.24) is 10.3 Å². The van der Waals surface area contributed by atoms with E-state index in [-0.39, 0.29) is 18.4 Å². The van der Waals surface area contributed by atoms with Gasteiger partial charge in [0.05, 0.1) is 31.5 Å². The predicted octanol–water partition coefficient (Wildman–Crippen LogP) is 3.59. The van der Waals surface area contributed by atoms with Crippen molar-refractivity contribution < 1.29 is 19.1 Å². The molecular formula is C21H21N3O4S. The normalized spacial score (nSPS) is 10.3. The summed E-state index contributed by atoms with van der Waals surface area (Å²) in [4.78, 5) is 28.9. The second-order valence-electron chi connectivity index (χ2n) is 5.93. The third kappa shape index (κ3) is 5.32. The smallest absolute Gasteiger partial charge is 0.255 e. The van der Waals surface area contributed by atoms with Gasteiger partial charge in [-0.3, -0.25) is 9.59 Å². The number of anilines is 1. The Hall–Kier alpha value is -3.39. The van der Waals surface area contributed by atoms with Crippen molar-refractivity contribution in [3.63, 3.8) is 0 Å². The third-order valence-electron chi connectivity index (χ3n) is 3.98. The van der Waals surface area contributed by atoms with Crippen molar-refractivity contribution in [1.29, 1.82) is 0 Å². The highest BCUT2D eigenvalue weighted by atomic mass is 32.1. The standard InChI is InChI=1S/C21H21N3O4S/c1-3-28-18-7-5-4-6-16(18)20(26)22-12-19(25)24-21-23-17(13-29-21)14-8-10-15(27-2)11-9-14/h4-11,13H,3,12H2,1-2H3,(H,22,26)(H,23,24,25). The molecule has 0 saturated heterocycles. The number of carbonyl (C=O) groups is 2. The van der Waals surface area contributed by atoms with Gasteiger partial charge < -0.3 is 20.1 Å². The Bertz CT molecular complexity index is 986. The summed E-state index contributed by atoms with van der Waals surface area (Å²) in [7, 11) is 1.61. The highest BCUT2D eigenvalue weighted by molar-refractivity contribution is 7.14. The van der Waals surface area contributed by atoms with Crippen LogP contribution in [0.25, 0.3) is 11.3 Å². The quantitative estimate of drug-likeness (QED) is 0.591. The lowest BCUT2D eigenvalue weighted by Gasteiger charge is -2.10. The van der Waals surface area contributed by atoms with Crippen molar-refractivity contribution >= 4 is 28.3 Å². The van der Waals surface area contributed by atoms with E-state index in [1.807, 2.05) is 36.6 Å². The van der Waals surface area contributed by atoms with Crippen LogP contribution >= 0.6 is 11.3 Å². The number of thiazole rings is 1. The van der Waals surface area contributed by atoms with Crippen LogP contribution in [-0.4, -0.2) is 37.1 Å². The first kappa shape index (κ1) is 20.3. The maximum absolute atomic E-state index is 12.3. The summed E-state index contributed by atoms with van der Waals surface area (Å²) in [6.45, 7) is 2.12. The molecule has 0 radical (unpaired) electrons. The second-order valence-corrected chi connectivity index (χ2v) is 6.78. The molecule has 0 aliphatic heterocycles. The number of nitrogens with one attached hydrogen (secondary N) is 2. The summed E-state index contributed by atoms with van der Waals surface area (Å²) >= 11 is 1.32. The van der Waals surface area contributed by atoms with Crippen LogP contribution < -0.4 is 20.1 Å². The average molecular weight is 411 g/mol. The Balaban J connectivity index is 1.56. The van der Waals surface area contributed by atoms with Crippen LogP contribution in [0.4, 0.5) is 5.13 Å². The molecule has 0 unspecified atom stereocenters. The molecule has 29 heavy (non-hydrogen) atoms. The van der Waals surface area contributed by atoms with Crippen molar-refractivity contribution in [2.24, 2.45) is 0 Å². The number of nitrogens with zero attached hydrogens (tertiary/aromatic N) is 1. The topological polar surface area (TPSA) is 89.5 Å². The van der Waals surface area contributed by atoms with Crippen molar-refractivity contribution in [2.75, 3.05) is 25.6 Å². The van der Waals surface area contributed by atoms with Gasteiger partial charge in [0.15, 0.2) is 5.13 Å². The summed E-state index contributed by atoms with van der Waals surface area (Å²) in [6.07, 6.45) is 0. The SMILES string of the molecule is CCOc1ccccc1C(=O)NCC(=O)Nc1nc(-c2ccc(OC)cc2)cs1. The van der Waals surface area contributed by atoms with Crippen molar-refractivity contribution in [2.45, 2.75) is 6.92 Å². The van der Waals surface area contributed by atoms with Crippen LogP contribution in [0.5, 0.6) is 11.5 Å². The van der Waals surface area contributed by atoms with E-state index >= 15 is 0 Å². The van der Waals surface area contributed by atoms with Gasteiger partial charge in [0, 0.05) is 10.9 Å². The van der Waals surface area contributed by atoms with E-state index in [9.17, 15) is 9.59 Å². The molecule has 2 amide bonds. The lowest BCUT2D eigenvalue weighted by molar-refractivity contribution is -0.115. The number of hydrogen-bond donors (Lipinski definition) is 2. The summed E-state index contributed by atoms with van der Waals surface area (Å²) in [5, 5.41) is 7.62. The molecule has 0 saturated carbocycles. The van der Waals surface area contributed by atoms with Crippen molar-refractivity contribution in [3.8, 4) is 22.8 Å². The molecule has 3 aromatic rings. The number of aromatic nitrogens is 1. The zero-order chi connectivity index (χ0) is 20.6. The zero-order valence-corrected chi connectivity index (χ0v) is 16.9. The van der Waals surface area contributed by atoms with Crippen LogP contribution in [0.2, 0.25) is 0 Å². The highest BCUT2D eigenvalue weighted by Gasteiger charge is 2.14. The predicted molar refractivity (Wildman–Crippen MR) is 113 cm³/mol. The fraction of sp³-hybridized carbons (Fsp3) is 0.190. The van der Waals surface area contributed by atoms with Gasteiger partial charge in [-0.05, 0) is 43.3 Å². The lowest BCUT2D eigenvalue weighted by Crippen LogP contribution is -2.33. The fourth-order valence-corrected chi connectivity index (χ4v) is 3.32. The molecule has 0 aliphatic rings. The van der Waals surface area contributed by atoms with E-state index in [1.165, 1.54) is 11.3 Å². The number of amides is 2. The number of benzene rings is 2. The molecular weight excluding hydrogens is 390 g/mol. The fourth-order valence-electron chi connectivity index (χ4n) is 2.58. The van der Waals surface area contributed by atoms with Crippen LogP contribution in [0.15, 0.2) is 53.9 Å². The number of methoxy groups -OCH3 is 1. The van der Waals surface area contributed by atoms with Gasteiger partial charge in [-0.15, -0.1) is 11.3 Å². The first-order valence-electron chi connectivity index (χ1n) is 9.00. The summed E-state index contributed by atoms with van der Waals surface area (Å²) in [5.41, 5.74) is 2.06. The maximum atomic E-state index is 12.3. The average Bonchev–Trinajstić information content (AvgIpc) is 3.21. The Kier molecular flexibility index (Phi) is 6.80. The Labute approximate surface area is 172 Å². The molecule has 1 aromatic heterocycles. The van der Waals surface area contributed by atoms with Gasteiger partial charge in [-0.25, -0.2) is 4.98 Å². The number of hydrogen-bond acceptors (Lipinski definition) is 6. The molecule has 8 heteroatoms. The number of ether oxygens (including phenoxy) is 2. The zero-order valence-electron chi connectivity index (χ0n) is 16.1. The monoisotopic (exact) mass is 411 g/mol. The van der Waals surface area contributed by atoms with Gasteiger partial charge in [-0.2, -0.15) is 0 Å². The molecule has 0 bridgehead atoms. The van der Waals surface area contributed by atoms with Gasteiger partial charge in [-0.1, -0.05) is 12.1 Å². The van der Waals surface area contributed by atoms with E-state index in [2.05, 4.69) is 15.6 Å². The minimum atomic E-state index is -0.373. The maximum Gasteiger partial charge on any atom is 0.255 e. The van der Waals surface area contributed by atoms with Gasteiger partial charge in [0.25, 0.3) is 5.91 Å². The first-order chi connectivity index (χ1) is 14.1. The molecule has 0 atom stereocenters. The van der Waals surface area contributed by atoms with Gasteiger partial charge in [0.2, 0.25) is 5.91 Å². The van der Waals surface area contributed by atoms with Gasteiger partial charge in [0.1, 0.15) is 11.5 Å². The molecule has 3 rings (SSSR count). The van der Waals surface area contributed by atoms with E-state index in [0.29, 0.717) is 23.1 Å². The van der Waals surface area contributed by atoms with Crippen LogP contribution in [-0.2, 0) is 4.79 Å². The number of rotatable bonds is 8. The van der Waals surface area contributed by atoms with Gasteiger partial charge >= 0.3 is 0 Å². The summed E-state index contributed by atoms with van der Waals surface area (Å²) in [5.74, 6) is 0.515. The molecule has 1 heterocycles. The highest BCUT2D eigenvalue weighted by Crippen LogP contribution is 2.26. The molecule has 7 nitrogen and oxygen atoms in total. The van der Waals surface area contributed by atoms with E-state index in [0.717, 1.165) is 17.0 Å². The molecule has 0 aliphatic carbocycles. The third-order valence-corrected chi connectivity index (χ3v) is 4.74. The molecule has 0 fully saturated rings. The largest absolute Gasteiger partial charge is 0.497 e. The van der Waals surface area contributed by atoms with E-state index < -0.39 is 0 Å². The molecule has 2 N–H and O–H groups in total. The second kappa shape index (κ2) is 9.70. The Morgan fingerprint density at radius 1 is 1.10 bits per heavy atom. The Morgan fingerprint density at radius 2 is 1.86 bits per heavy atom. The van der Waals surface area contributed by atoms with E-state index in [4.69, 9.17) is 9.47 Å². The minimum Gasteiger partial charge on any atom is -0.497 e. The summed E-state index contributed by atoms with van der Waals surface area (Å²) < 4.78 is 10.6. The summed E-state index contributed by atoms with van der Waals surface area (Å²) in [6, 6.07) is 14.4. The van der Waals surface area contributed by atoms with E-state index in [1.54, 1.807) is 31.4 Å². The minimum absolute atomic E-state index is 0.170.